The molecule has 0 aliphatic rings. The number of anilines is 2. The van der Waals surface area contributed by atoms with E-state index in [9.17, 15) is 14.0 Å². The number of carbonyl (C=O) groups is 2. The predicted octanol–water partition coefficient (Wildman–Crippen LogP) is 4.17. The van der Waals surface area contributed by atoms with Gasteiger partial charge in [-0.05, 0) is 65.3 Å². The number of ether oxygens (including phenoxy) is 2. The van der Waals surface area contributed by atoms with Crippen molar-refractivity contribution in [3.8, 4) is 5.75 Å². The van der Waals surface area contributed by atoms with Crippen molar-refractivity contribution in [1.82, 2.24) is 0 Å². The maximum absolute atomic E-state index is 13.1. The Labute approximate surface area is 152 Å². The third kappa shape index (κ3) is 5.46. The fourth-order valence-corrected chi connectivity index (χ4v) is 2.31. The normalized spacial score (nSPS) is 11.4. The lowest BCUT2D eigenvalue weighted by Gasteiger charge is -2.16. The number of carbonyl (C=O) groups excluding carboxylic acids is 2. The predicted molar refractivity (Wildman–Crippen MR) is 95.3 cm³/mol. The van der Waals surface area contributed by atoms with E-state index in [1.54, 1.807) is 31.2 Å². The molecule has 0 saturated heterocycles. The largest absolute Gasteiger partial charge is 0.480 e. The Balaban J connectivity index is 1.95. The Bertz CT molecular complexity index is 768. The summed E-state index contributed by atoms with van der Waals surface area (Å²) >= 11 is 3.18. The number of methoxy groups -OCH3 is 1. The van der Waals surface area contributed by atoms with E-state index in [2.05, 4.69) is 31.3 Å². The molecule has 1 unspecified atom stereocenters. The molecule has 6 nitrogen and oxygen atoms in total. The molecule has 0 aliphatic heterocycles. The average Bonchev–Trinajstić information content (AvgIpc) is 2.58. The minimum Gasteiger partial charge on any atom is -0.480 e. The summed E-state index contributed by atoms with van der Waals surface area (Å²) in [6.07, 6.45) is -1.38. The summed E-state index contributed by atoms with van der Waals surface area (Å²) in [6.45, 7) is 1.58. The van der Waals surface area contributed by atoms with E-state index in [0.29, 0.717) is 21.6 Å². The molecule has 132 valence electrons. The van der Waals surface area contributed by atoms with Gasteiger partial charge in [-0.1, -0.05) is 0 Å². The molecular weight excluding hydrogens is 395 g/mol. The van der Waals surface area contributed by atoms with Gasteiger partial charge in [0, 0.05) is 11.4 Å². The van der Waals surface area contributed by atoms with Crippen molar-refractivity contribution in [2.24, 2.45) is 0 Å². The van der Waals surface area contributed by atoms with Gasteiger partial charge >= 0.3 is 6.09 Å². The molecule has 0 heterocycles. The van der Waals surface area contributed by atoms with E-state index >= 15 is 0 Å². The van der Waals surface area contributed by atoms with Crippen molar-refractivity contribution in [2.75, 3.05) is 17.7 Å². The number of halogens is 2. The minimum absolute atomic E-state index is 0.363. The van der Waals surface area contributed by atoms with Gasteiger partial charge < -0.3 is 14.8 Å². The Hall–Kier alpha value is -2.61. The summed E-state index contributed by atoms with van der Waals surface area (Å²) in [5.41, 5.74) is 1.07. The third-order valence-corrected chi connectivity index (χ3v) is 3.77. The van der Waals surface area contributed by atoms with Crippen LogP contribution in [-0.2, 0) is 9.53 Å². The van der Waals surface area contributed by atoms with Crippen LogP contribution in [0.15, 0.2) is 46.9 Å². The molecule has 0 radical (unpaired) electrons. The minimum atomic E-state index is -0.797. The lowest BCUT2D eigenvalue weighted by Crippen LogP contribution is -2.30. The number of rotatable bonds is 5. The van der Waals surface area contributed by atoms with Crippen molar-refractivity contribution in [1.29, 1.82) is 0 Å². The van der Waals surface area contributed by atoms with Gasteiger partial charge in [0.15, 0.2) is 6.10 Å². The third-order valence-electron chi connectivity index (χ3n) is 3.15. The smallest absolute Gasteiger partial charge is 0.411 e. The molecule has 0 aromatic heterocycles. The maximum Gasteiger partial charge on any atom is 0.411 e. The van der Waals surface area contributed by atoms with Crippen molar-refractivity contribution in [2.45, 2.75) is 13.0 Å². The molecule has 2 amide bonds. The fraction of sp³-hybridized carbons (Fsp3) is 0.176. The van der Waals surface area contributed by atoms with Crippen molar-refractivity contribution in [3.05, 3.63) is 52.8 Å². The Morgan fingerprint density at radius 1 is 1.08 bits per heavy atom. The van der Waals surface area contributed by atoms with Crippen LogP contribution < -0.4 is 15.4 Å². The number of nitrogens with one attached hydrogen (secondary N) is 2. The van der Waals surface area contributed by atoms with E-state index in [0.717, 1.165) is 0 Å². The number of amides is 2. The molecule has 0 aliphatic carbocycles. The summed E-state index contributed by atoms with van der Waals surface area (Å²) < 4.78 is 23.5. The summed E-state index contributed by atoms with van der Waals surface area (Å²) in [5.74, 6) is -0.413. The number of benzene rings is 2. The van der Waals surface area contributed by atoms with Crippen LogP contribution in [0.1, 0.15) is 6.92 Å². The van der Waals surface area contributed by atoms with Crippen LogP contribution in [0.25, 0.3) is 0 Å². The lowest BCUT2D eigenvalue weighted by molar-refractivity contribution is -0.122. The first kappa shape index (κ1) is 18.7. The van der Waals surface area contributed by atoms with Crippen LogP contribution in [0.4, 0.5) is 20.6 Å². The zero-order valence-corrected chi connectivity index (χ0v) is 15.1. The van der Waals surface area contributed by atoms with Crippen LogP contribution in [0.2, 0.25) is 0 Å². The van der Waals surface area contributed by atoms with Crippen molar-refractivity contribution in [3.63, 3.8) is 0 Å². The van der Waals surface area contributed by atoms with Crippen LogP contribution in [0.3, 0.4) is 0 Å². The summed E-state index contributed by atoms with van der Waals surface area (Å²) in [6, 6.07) is 10.4. The van der Waals surface area contributed by atoms with Gasteiger partial charge in [0.05, 0.1) is 11.6 Å². The average molecular weight is 411 g/mol. The Morgan fingerprint density at radius 2 is 1.68 bits per heavy atom. The standard InChI is InChI=1S/C17H16BrFN2O4/c1-10(25-15-8-3-11(19)9-14(15)18)16(22)20-12-4-6-13(7-5-12)21-17(23)24-2/h3-10H,1-2H3,(H,20,22)(H,21,23). The van der Waals surface area contributed by atoms with E-state index in [1.165, 1.54) is 25.3 Å². The number of hydrogen-bond acceptors (Lipinski definition) is 4. The molecule has 2 rings (SSSR count). The van der Waals surface area contributed by atoms with Crippen molar-refractivity contribution >= 4 is 39.3 Å². The molecule has 0 fully saturated rings. The van der Waals surface area contributed by atoms with Gasteiger partial charge in [0.25, 0.3) is 5.91 Å². The number of hydrogen-bond donors (Lipinski definition) is 2. The van der Waals surface area contributed by atoms with Gasteiger partial charge in [0.2, 0.25) is 0 Å². The highest BCUT2D eigenvalue weighted by Gasteiger charge is 2.16. The monoisotopic (exact) mass is 410 g/mol. The van der Waals surface area contributed by atoms with E-state index in [-0.39, 0.29) is 5.91 Å². The summed E-state index contributed by atoms with van der Waals surface area (Å²) in [4.78, 5) is 23.3. The molecule has 2 aromatic rings. The second-order valence-electron chi connectivity index (χ2n) is 5.02. The first-order chi connectivity index (χ1) is 11.9. The second kappa shape index (κ2) is 8.48. The zero-order valence-electron chi connectivity index (χ0n) is 13.5. The van der Waals surface area contributed by atoms with Gasteiger partial charge in [-0.3, -0.25) is 10.1 Å². The lowest BCUT2D eigenvalue weighted by atomic mass is 10.2. The molecule has 25 heavy (non-hydrogen) atoms. The first-order valence-corrected chi connectivity index (χ1v) is 8.06. The van der Waals surface area contributed by atoms with E-state index < -0.39 is 18.0 Å². The van der Waals surface area contributed by atoms with E-state index in [1.807, 2.05) is 0 Å². The molecular formula is C17H16BrFN2O4. The Morgan fingerprint density at radius 3 is 2.24 bits per heavy atom. The quantitative estimate of drug-likeness (QED) is 0.775. The first-order valence-electron chi connectivity index (χ1n) is 7.26. The van der Waals surface area contributed by atoms with Gasteiger partial charge in [-0.2, -0.15) is 0 Å². The highest BCUT2D eigenvalue weighted by molar-refractivity contribution is 9.10. The SMILES string of the molecule is COC(=O)Nc1ccc(NC(=O)C(C)Oc2ccc(F)cc2Br)cc1. The molecule has 0 bridgehead atoms. The Kier molecular flexibility index (Phi) is 6.35. The maximum atomic E-state index is 13.1. The van der Waals surface area contributed by atoms with Crippen LogP contribution in [-0.4, -0.2) is 25.2 Å². The molecule has 2 aromatic carbocycles. The van der Waals surface area contributed by atoms with Crippen LogP contribution >= 0.6 is 15.9 Å². The molecule has 2 N–H and O–H groups in total. The van der Waals surface area contributed by atoms with Crippen molar-refractivity contribution < 1.29 is 23.5 Å². The van der Waals surface area contributed by atoms with Crippen LogP contribution in [0.5, 0.6) is 5.75 Å². The molecule has 0 saturated carbocycles. The summed E-state index contributed by atoms with van der Waals surface area (Å²) in [5, 5.41) is 5.19. The van der Waals surface area contributed by atoms with Gasteiger partial charge in [-0.25, -0.2) is 9.18 Å². The summed E-state index contributed by atoms with van der Waals surface area (Å²) in [7, 11) is 1.27. The van der Waals surface area contributed by atoms with Crippen LogP contribution in [0, 0.1) is 5.82 Å². The van der Waals surface area contributed by atoms with Gasteiger partial charge in [-0.15, -0.1) is 0 Å². The molecule has 0 spiro atoms. The van der Waals surface area contributed by atoms with Gasteiger partial charge in [0.1, 0.15) is 11.6 Å². The molecule has 1 atom stereocenters. The zero-order chi connectivity index (χ0) is 18.4. The highest BCUT2D eigenvalue weighted by atomic mass is 79.9. The molecule has 8 heteroatoms. The second-order valence-corrected chi connectivity index (χ2v) is 5.87. The highest BCUT2D eigenvalue weighted by Crippen LogP contribution is 2.26. The van der Waals surface area contributed by atoms with E-state index in [4.69, 9.17) is 4.74 Å². The topological polar surface area (TPSA) is 76.7 Å². The fourth-order valence-electron chi connectivity index (χ4n) is 1.86.